The van der Waals surface area contributed by atoms with Gasteiger partial charge in [0.15, 0.2) is 5.92 Å². The molecule has 1 aliphatic heterocycles. The van der Waals surface area contributed by atoms with Gasteiger partial charge < -0.3 is 0 Å². The van der Waals surface area contributed by atoms with Gasteiger partial charge in [0.1, 0.15) is 0 Å². The third-order valence-electron chi connectivity index (χ3n) is 5.45. The predicted octanol–water partition coefficient (Wildman–Crippen LogP) is 2.88. The van der Waals surface area contributed by atoms with Crippen molar-refractivity contribution in [3.8, 4) is 0 Å². The summed E-state index contributed by atoms with van der Waals surface area (Å²) in [5, 5.41) is 2.33. The Kier molecular flexibility index (Phi) is 4.35. The van der Waals surface area contributed by atoms with E-state index < -0.39 is 23.8 Å². The minimum absolute atomic E-state index is 0.0760. The van der Waals surface area contributed by atoms with E-state index in [0.29, 0.717) is 17.5 Å². The summed E-state index contributed by atoms with van der Waals surface area (Å²) in [5.74, 6) is -1.10. The van der Waals surface area contributed by atoms with Crippen LogP contribution in [0.4, 0.5) is 10.5 Å². The van der Waals surface area contributed by atoms with Crippen molar-refractivity contribution in [3.05, 3.63) is 27.8 Å². The smallest absolute Gasteiger partial charge is 0.277 e. The van der Waals surface area contributed by atoms with E-state index in [1.807, 2.05) is 24.3 Å². The number of halogens is 1. The van der Waals surface area contributed by atoms with Crippen molar-refractivity contribution in [1.82, 2.24) is 10.2 Å². The van der Waals surface area contributed by atoms with E-state index in [1.54, 1.807) is 0 Å². The van der Waals surface area contributed by atoms with Crippen LogP contribution < -0.4 is 5.32 Å². The summed E-state index contributed by atoms with van der Waals surface area (Å²) in [4.78, 5) is 42.8. The molecule has 2 bridgehead atoms. The summed E-state index contributed by atoms with van der Waals surface area (Å²) in [6, 6.07) is 6.82. The number of urea groups is 1. The minimum Gasteiger partial charge on any atom is -0.277 e. The SMILES string of the molecule is O=C1NC(=O)N([C@@H]2C[C@H]3CC[C@H]2C3)C(=O)[C@@H]1C=Nc1cccc(I)c1. The normalized spacial score (nSPS) is 31.9. The molecule has 3 aliphatic rings. The van der Waals surface area contributed by atoms with Crippen LogP contribution in [0, 0.1) is 21.3 Å². The highest BCUT2D eigenvalue weighted by Crippen LogP contribution is 2.47. The Morgan fingerprint density at radius 2 is 2.04 bits per heavy atom. The fourth-order valence-electron chi connectivity index (χ4n) is 4.30. The Morgan fingerprint density at radius 1 is 1.20 bits per heavy atom. The van der Waals surface area contributed by atoms with Crippen LogP contribution in [0.1, 0.15) is 25.7 Å². The molecule has 4 atom stereocenters. The van der Waals surface area contributed by atoms with Gasteiger partial charge in [-0.2, -0.15) is 0 Å². The lowest BCUT2D eigenvalue weighted by Crippen LogP contribution is -2.62. The van der Waals surface area contributed by atoms with Crippen molar-refractivity contribution >= 4 is 52.3 Å². The van der Waals surface area contributed by atoms with Gasteiger partial charge >= 0.3 is 6.03 Å². The molecule has 1 saturated heterocycles. The zero-order valence-electron chi connectivity index (χ0n) is 13.5. The highest BCUT2D eigenvalue weighted by atomic mass is 127. The summed E-state index contributed by atoms with van der Waals surface area (Å²) in [6.45, 7) is 0. The maximum Gasteiger partial charge on any atom is 0.331 e. The number of nitrogens with zero attached hydrogens (tertiary/aromatic N) is 2. The third-order valence-corrected chi connectivity index (χ3v) is 6.12. The Bertz CT molecular complexity index is 779. The summed E-state index contributed by atoms with van der Waals surface area (Å²) < 4.78 is 1.02. The summed E-state index contributed by atoms with van der Waals surface area (Å²) in [7, 11) is 0. The van der Waals surface area contributed by atoms with Crippen LogP contribution in [-0.2, 0) is 9.59 Å². The van der Waals surface area contributed by atoms with Gasteiger partial charge in [0.25, 0.3) is 0 Å². The molecule has 130 valence electrons. The van der Waals surface area contributed by atoms with Crippen LogP contribution in [0.25, 0.3) is 0 Å². The Labute approximate surface area is 159 Å². The van der Waals surface area contributed by atoms with E-state index in [9.17, 15) is 14.4 Å². The fourth-order valence-corrected chi connectivity index (χ4v) is 4.82. The lowest BCUT2D eigenvalue weighted by Gasteiger charge is -2.36. The summed E-state index contributed by atoms with van der Waals surface area (Å²) in [5.41, 5.74) is 0.677. The maximum absolute atomic E-state index is 12.8. The molecular formula is C18H18IN3O3. The monoisotopic (exact) mass is 451 g/mol. The number of rotatable bonds is 3. The topological polar surface area (TPSA) is 78.8 Å². The zero-order valence-corrected chi connectivity index (χ0v) is 15.7. The van der Waals surface area contributed by atoms with Gasteiger partial charge in [-0.15, -0.1) is 0 Å². The van der Waals surface area contributed by atoms with Crippen LogP contribution in [-0.4, -0.2) is 35.0 Å². The number of benzene rings is 1. The number of carbonyl (C=O) groups is 3. The number of hydrogen-bond donors (Lipinski definition) is 1. The molecule has 0 spiro atoms. The number of imide groups is 2. The molecule has 0 radical (unpaired) electrons. The van der Waals surface area contributed by atoms with Crippen molar-refractivity contribution < 1.29 is 14.4 Å². The molecule has 2 saturated carbocycles. The zero-order chi connectivity index (χ0) is 17.6. The quantitative estimate of drug-likeness (QED) is 0.436. The molecule has 25 heavy (non-hydrogen) atoms. The number of hydrogen-bond acceptors (Lipinski definition) is 4. The largest absolute Gasteiger partial charge is 0.331 e. The predicted molar refractivity (Wildman–Crippen MR) is 100 cm³/mol. The summed E-state index contributed by atoms with van der Waals surface area (Å²) in [6.07, 6.45) is 5.54. The number of nitrogens with one attached hydrogen (secondary N) is 1. The van der Waals surface area contributed by atoms with Gasteiger partial charge in [0.05, 0.1) is 5.69 Å². The van der Waals surface area contributed by atoms with Gasteiger partial charge in [-0.25, -0.2) is 4.79 Å². The lowest BCUT2D eigenvalue weighted by molar-refractivity contribution is -0.141. The average molecular weight is 451 g/mol. The van der Waals surface area contributed by atoms with Crippen molar-refractivity contribution in [2.75, 3.05) is 0 Å². The van der Waals surface area contributed by atoms with Gasteiger partial charge in [-0.3, -0.25) is 24.8 Å². The molecule has 4 rings (SSSR count). The van der Waals surface area contributed by atoms with Gasteiger partial charge in [-0.1, -0.05) is 12.5 Å². The summed E-state index contributed by atoms with van der Waals surface area (Å²) >= 11 is 2.18. The highest BCUT2D eigenvalue weighted by molar-refractivity contribution is 14.1. The maximum atomic E-state index is 12.8. The second kappa shape index (κ2) is 6.51. The number of aliphatic imine (C=N–C) groups is 1. The standard InChI is InChI=1S/C18H18IN3O3/c19-12-2-1-3-13(8-12)20-9-14-16(23)21-18(25)22(17(14)24)15-7-10-4-5-11(15)6-10/h1-3,8-11,14-15H,4-7H2,(H,21,23,25)/t10-,11-,14+,15+/m0/s1. The number of carbonyl (C=O) groups excluding carboxylic acids is 3. The van der Waals surface area contributed by atoms with E-state index in [1.165, 1.54) is 17.5 Å². The molecular weight excluding hydrogens is 433 g/mol. The van der Waals surface area contributed by atoms with Crippen molar-refractivity contribution in [3.63, 3.8) is 0 Å². The van der Waals surface area contributed by atoms with Crippen LogP contribution in [0.2, 0.25) is 0 Å². The van der Waals surface area contributed by atoms with Crippen LogP contribution in [0.5, 0.6) is 0 Å². The molecule has 0 aromatic heterocycles. The number of barbiturate groups is 1. The molecule has 1 aromatic rings. The minimum atomic E-state index is -1.05. The van der Waals surface area contributed by atoms with Crippen LogP contribution >= 0.6 is 22.6 Å². The Balaban J connectivity index is 1.56. The van der Waals surface area contributed by atoms with Crippen LogP contribution in [0.15, 0.2) is 29.3 Å². The fraction of sp³-hybridized carbons (Fsp3) is 0.444. The van der Waals surface area contributed by atoms with Gasteiger partial charge in [-0.05, 0) is 71.9 Å². The first-order valence-corrected chi connectivity index (χ1v) is 9.58. The van der Waals surface area contributed by atoms with Crippen molar-refractivity contribution in [2.45, 2.75) is 31.7 Å². The number of amides is 4. The first-order valence-electron chi connectivity index (χ1n) is 8.50. The second-order valence-electron chi connectivity index (χ2n) is 6.98. The Hall–Kier alpha value is -1.77. The highest BCUT2D eigenvalue weighted by Gasteiger charge is 2.50. The van der Waals surface area contributed by atoms with E-state index in [4.69, 9.17) is 0 Å². The molecule has 1 N–H and O–H groups in total. The van der Waals surface area contributed by atoms with Crippen LogP contribution in [0.3, 0.4) is 0 Å². The first kappa shape index (κ1) is 16.7. The van der Waals surface area contributed by atoms with E-state index in [2.05, 4.69) is 32.9 Å². The number of fused-ring (bicyclic) bond motifs is 2. The average Bonchev–Trinajstić information content (AvgIpc) is 3.17. The van der Waals surface area contributed by atoms with Crippen molar-refractivity contribution in [1.29, 1.82) is 0 Å². The van der Waals surface area contributed by atoms with E-state index in [-0.39, 0.29) is 6.04 Å². The lowest BCUT2D eigenvalue weighted by atomic mass is 9.92. The molecule has 7 heteroatoms. The molecule has 6 nitrogen and oxygen atoms in total. The van der Waals surface area contributed by atoms with Gasteiger partial charge in [0.2, 0.25) is 11.8 Å². The van der Waals surface area contributed by atoms with E-state index in [0.717, 1.165) is 22.8 Å². The van der Waals surface area contributed by atoms with Crippen molar-refractivity contribution in [2.24, 2.45) is 22.7 Å². The molecule has 1 aromatic carbocycles. The third kappa shape index (κ3) is 3.09. The first-order chi connectivity index (χ1) is 12.0. The molecule has 0 unspecified atom stereocenters. The molecule has 1 heterocycles. The second-order valence-corrected chi connectivity index (χ2v) is 8.23. The molecule has 2 aliphatic carbocycles. The molecule has 4 amide bonds. The Morgan fingerprint density at radius 3 is 2.72 bits per heavy atom. The van der Waals surface area contributed by atoms with Gasteiger partial charge in [0, 0.05) is 15.8 Å². The molecule has 3 fully saturated rings. The van der Waals surface area contributed by atoms with E-state index >= 15 is 0 Å².